The number of hydrogen-bond acceptors (Lipinski definition) is 8. The number of halogens is 1. The molecule has 164 valence electrons. The van der Waals surface area contributed by atoms with Crippen LogP contribution in [0.15, 0.2) is 45.7 Å². The minimum absolute atomic E-state index is 0.0717. The largest absolute Gasteiger partial charge is 0.402 e. The number of carbonyl (C=O) groups excluding carboxylic acids is 1. The molecule has 2 atom stereocenters. The van der Waals surface area contributed by atoms with Crippen molar-refractivity contribution in [1.29, 1.82) is 0 Å². The third kappa shape index (κ3) is 4.80. The number of hydrogen-bond donors (Lipinski definition) is 1. The summed E-state index contributed by atoms with van der Waals surface area (Å²) in [5.41, 5.74) is 0.251. The summed E-state index contributed by atoms with van der Waals surface area (Å²) in [4.78, 5) is 13.3. The van der Waals surface area contributed by atoms with Gasteiger partial charge in [-0.05, 0) is 50.2 Å². The average Bonchev–Trinajstić information content (AvgIpc) is 3.36. The van der Waals surface area contributed by atoms with Gasteiger partial charge in [0.05, 0.1) is 26.3 Å². The number of rotatable bonds is 5. The van der Waals surface area contributed by atoms with E-state index in [1.165, 1.54) is 39.9 Å². The molecule has 3 aromatic rings. The van der Waals surface area contributed by atoms with Crippen molar-refractivity contribution in [2.45, 2.75) is 31.0 Å². The highest BCUT2D eigenvalue weighted by Gasteiger charge is 2.32. The van der Waals surface area contributed by atoms with Crippen LogP contribution in [-0.4, -0.2) is 54.1 Å². The first kappa shape index (κ1) is 21.9. The van der Waals surface area contributed by atoms with Crippen LogP contribution in [0.4, 0.5) is 6.01 Å². The zero-order valence-electron chi connectivity index (χ0n) is 16.6. The molecule has 4 rings (SSSR count). The molecule has 9 nitrogen and oxygen atoms in total. The van der Waals surface area contributed by atoms with E-state index in [4.69, 9.17) is 20.8 Å². The van der Waals surface area contributed by atoms with Gasteiger partial charge in [-0.2, -0.15) is 4.31 Å². The van der Waals surface area contributed by atoms with E-state index in [1.54, 1.807) is 12.1 Å². The zero-order chi connectivity index (χ0) is 22.2. The van der Waals surface area contributed by atoms with Crippen LogP contribution in [0.3, 0.4) is 0 Å². The molecule has 1 aliphatic rings. The lowest BCUT2D eigenvalue weighted by molar-refractivity contribution is -0.0440. The van der Waals surface area contributed by atoms with E-state index in [2.05, 4.69) is 15.5 Å². The molecule has 1 fully saturated rings. The summed E-state index contributed by atoms with van der Waals surface area (Å²) in [5, 5.41) is 10.2. The maximum Gasteiger partial charge on any atom is 0.322 e. The molecule has 1 amide bonds. The molecule has 0 bridgehead atoms. The standard InChI is InChI=1S/C19H19ClN4O5S2/c1-11-9-24(10-12(2)28-11)31(26,27)14-5-3-13(4-6-14)17(25)21-19-23-22-18(29-19)15-7-8-16(20)30-15/h3-8,11-12H,9-10H2,1-2H3,(H,21,23,25)/t11-,12-/m0/s1. The van der Waals surface area contributed by atoms with E-state index in [1.807, 2.05) is 13.8 Å². The van der Waals surface area contributed by atoms with Crippen LogP contribution in [0.1, 0.15) is 24.2 Å². The number of amides is 1. The first-order chi connectivity index (χ1) is 14.7. The fourth-order valence-electron chi connectivity index (χ4n) is 3.23. The van der Waals surface area contributed by atoms with E-state index >= 15 is 0 Å². The molecule has 1 aromatic carbocycles. The number of morpholine rings is 1. The molecule has 3 heterocycles. The number of aromatic nitrogens is 2. The topological polar surface area (TPSA) is 115 Å². The van der Waals surface area contributed by atoms with Crippen LogP contribution in [0, 0.1) is 0 Å². The molecule has 2 aromatic heterocycles. The third-order valence-corrected chi connectivity index (χ3v) is 7.63. The average molecular weight is 483 g/mol. The third-order valence-electron chi connectivity index (χ3n) is 4.57. The second kappa shape index (κ2) is 8.67. The molecule has 1 aliphatic heterocycles. The predicted octanol–water partition coefficient (Wildman–Crippen LogP) is 3.50. The molecular formula is C19H19ClN4O5S2. The molecule has 31 heavy (non-hydrogen) atoms. The fraction of sp³-hybridized carbons (Fsp3) is 0.316. The van der Waals surface area contributed by atoms with Crippen molar-refractivity contribution in [2.24, 2.45) is 0 Å². The number of nitrogens with zero attached hydrogens (tertiary/aromatic N) is 3. The lowest BCUT2D eigenvalue weighted by Crippen LogP contribution is -2.48. The van der Waals surface area contributed by atoms with Crippen LogP contribution in [0.2, 0.25) is 4.34 Å². The number of anilines is 1. The van der Waals surface area contributed by atoms with Gasteiger partial charge in [-0.15, -0.1) is 16.4 Å². The molecular weight excluding hydrogens is 464 g/mol. The van der Waals surface area contributed by atoms with E-state index in [-0.39, 0.29) is 47.7 Å². The quantitative estimate of drug-likeness (QED) is 0.591. The number of nitrogens with one attached hydrogen (secondary N) is 1. The van der Waals surface area contributed by atoms with Gasteiger partial charge in [0.15, 0.2) is 0 Å². The lowest BCUT2D eigenvalue weighted by Gasteiger charge is -2.34. The van der Waals surface area contributed by atoms with Gasteiger partial charge in [0.2, 0.25) is 10.0 Å². The van der Waals surface area contributed by atoms with Crippen LogP contribution in [0.5, 0.6) is 0 Å². The van der Waals surface area contributed by atoms with Crippen LogP contribution < -0.4 is 5.32 Å². The van der Waals surface area contributed by atoms with Gasteiger partial charge in [-0.25, -0.2) is 8.42 Å². The first-order valence-electron chi connectivity index (χ1n) is 9.38. The minimum atomic E-state index is -3.68. The number of sulfonamides is 1. The highest BCUT2D eigenvalue weighted by atomic mass is 35.5. The van der Waals surface area contributed by atoms with E-state index in [0.29, 0.717) is 9.21 Å². The van der Waals surface area contributed by atoms with E-state index in [9.17, 15) is 13.2 Å². The maximum atomic E-state index is 12.9. The second-order valence-corrected chi connectivity index (χ2v) is 10.7. The fourth-order valence-corrected chi connectivity index (χ4v) is 5.78. The smallest absolute Gasteiger partial charge is 0.322 e. The van der Waals surface area contributed by atoms with Crippen molar-refractivity contribution >= 4 is 44.9 Å². The highest BCUT2D eigenvalue weighted by Crippen LogP contribution is 2.30. The monoisotopic (exact) mass is 482 g/mol. The Labute approximate surface area is 188 Å². The van der Waals surface area contributed by atoms with Gasteiger partial charge in [0.1, 0.15) is 0 Å². The Morgan fingerprint density at radius 2 is 1.81 bits per heavy atom. The first-order valence-corrected chi connectivity index (χ1v) is 12.0. The van der Waals surface area contributed by atoms with Crippen molar-refractivity contribution in [3.63, 3.8) is 0 Å². The van der Waals surface area contributed by atoms with Crippen LogP contribution in [-0.2, 0) is 14.8 Å². The predicted molar refractivity (Wildman–Crippen MR) is 116 cm³/mol. The lowest BCUT2D eigenvalue weighted by atomic mass is 10.2. The van der Waals surface area contributed by atoms with Gasteiger partial charge in [0, 0.05) is 18.7 Å². The molecule has 12 heteroatoms. The summed E-state index contributed by atoms with van der Waals surface area (Å²) in [6, 6.07) is 9.05. The summed E-state index contributed by atoms with van der Waals surface area (Å²) < 4.78 is 38.9. The van der Waals surface area contributed by atoms with Gasteiger partial charge in [-0.1, -0.05) is 16.7 Å². The highest BCUT2D eigenvalue weighted by molar-refractivity contribution is 7.89. The summed E-state index contributed by atoms with van der Waals surface area (Å²) in [6.45, 7) is 4.23. The normalized spacial score (nSPS) is 20.0. The zero-order valence-corrected chi connectivity index (χ0v) is 19.0. The van der Waals surface area contributed by atoms with Crippen LogP contribution >= 0.6 is 22.9 Å². The Kier molecular flexibility index (Phi) is 6.13. The van der Waals surface area contributed by atoms with E-state index < -0.39 is 15.9 Å². The Bertz CT molecular complexity index is 1180. The number of thiophene rings is 1. The van der Waals surface area contributed by atoms with E-state index in [0.717, 1.165) is 0 Å². The van der Waals surface area contributed by atoms with Crippen LogP contribution in [0.25, 0.3) is 10.8 Å². The summed E-state index contributed by atoms with van der Waals surface area (Å²) in [7, 11) is -3.68. The Morgan fingerprint density at radius 1 is 1.13 bits per heavy atom. The molecule has 1 saturated heterocycles. The molecule has 0 spiro atoms. The molecule has 0 aliphatic carbocycles. The van der Waals surface area contributed by atoms with Gasteiger partial charge < -0.3 is 9.15 Å². The van der Waals surface area contributed by atoms with Crippen molar-refractivity contribution < 1.29 is 22.4 Å². The Morgan fingerprint density at radius 3 is 2.42 bits per heavy atom. The summed E-state index contributed by atoms with van der Waals surface area (Å²) >= 11 is 7.17. The van der Waals surface area contributed by atoms with Crippen molar-refractivity contribution in [2.75, 3.05) is 18.4 Å². The maximum absolute atomic E-state index is 12.9. The number of carbonyl (C=O) groups is 1. The minimum Gasteiger partial charge on any atom is -0.402 e. The van der Waals surface area contributed by atoms with Gasteiger partial charge in [-0.3, -0.25) is 10.1 Å². The van der Waals surface area contributed by atoms with Crippen molar-refractivity contribution in [1.82, 2.24) is 14.5 Å². The number of ether oxygens (including phenoxy) is 1. The molecule has 0 radical (unpaired) electrons. The molecule has 1 N–H and O–H groups in total. The van der Waals surface area contributed by atoms with Crippen molar-refractivity contribution in [3.8, 4) is 10.8 Å². The van der Waals surface area contributed by atoms with Gasteiger partial charge >= 0.3 is 6.01 Å². The van der Waals surface area contributed by atoms with Gasteiger partial charge in [0.25, 0.3) is 11.8 Å². The molecule has 0 unspecified atom stereocenters. The molecule has 0 saturated carbocycles. The summed E-state index contributed by atoms with van der Waals surface area (Å²) in [6.07, 6.45) is -0.374. The SMILES string of the molecule is C[C@H]1CN(S(=O)(=O)c2ccc(C(=O)Nc3nnc(-c4ccc(Cl)s4)o3)cc2)C[C@H](C)O1. The summed E-state index contributed by atoms with van der Waals surface area (Å²) in [5.74, 6) is -0.264. The Hall–Kier alpha value is -2.31. The Balaban J connectivity index is 1.45. The second-order valence-electron chi connectivity index (χ2n) is 7.07. The number of benzene rings is 1. The van der Waals surface area contributed by atoms with Crippen molar-refractivity contribution in [3.05, 3.63) is 46.3 Å².